The van der Waals surface area contributed by atoms with Crippen LogP contribution in [0, 0.1) is 6.92 Å². The van der Waals surface area contributed by atoms with Gasteiger partial charge >= 0.3 is 0 Å². The van der Waals surface area contributed by atoms with Gasteiger partial charge in [-0.15, -0.1) is 0 Å². The molecule has 0 fully saturated rings. The average Bonchev–Trinajstić information content (AvgIpc) is 2.29. The number of aryl methyl sites for hydroxylation is 2. The van der Waals surface area contributed by atoms with Gasteiger partial charge in [0.1, 0.15) is 0 Å². The van der Waals surface area contributed by atoms with E-state index < -0.39 is 0 Å². The number of hydrogen-bond donors (Lipinski definition) is 0. The molecule has 0 saturated carbocycles. The highest BCUT2D eigenvalue weighted by Gasteiger charge is 2.08. The first-order valence-corrected chi connectivity index (χ1v) is 5.18. The zero-order valence-electron chi connectivity index (χ0n) is 9.07. The zero-order valence-corrected chi connectivity index (χ0v) is 9.07. The maximum absolute atomic E-state index is 4.31. The minimum Gasteiger partial charge on any atom is -0.237 e. The van der Waals surface area contributed by atoms with Gasteiger partial charge in [0, 0.05) is 18.0 Å². The number of benzene rings is 1. The lowest BCUT2D eigenvalue weighted by molar-refractivity contribution is 1.10. The minimum atomic E-state index is 0.826. The third-order valence-corrected chi connectivity index (χ3v) is 2.53. The van der Waals surface area contributed by atoms with Crippen LogP contribution in [0.5, 0.6) is 0 Å². The topological polar surface area (TPSA) is 25.8 Å². The fourth-order valence-electron chi connectivity index (χ4n) is 1.77. The summed E-state index contributed by atoms with van der Waals surface area (Å²) < 4.78 is 0. The van der Waals surface area contributed by atoms with Gasteiger partial charge < -0.3 is 0 Å². The number of nitrogens with zero attached hydrogens (tertiary/aromatic N) is 2. The molecule has 1 aromatic carbocycles. The van der Waals surface area contributed by atoms with Crippen LogP contribution in [0.25, 0.3) is 11.4 Å². The smallest absolute Gasteiger partial charge is 0.159 e. The van der Waals surface area contributed by atoms with E-state index in [0.29, 0.717) is 0 Å². The summed E-state index contributed by atoms with van der Waals surface area (Å²) in [6, 6.07) is 8.16. The van der Waals surface area contributed by atoms with Crippen LogP contribution in [0.4, 0.5) is 0 Å². The highest BCUT2D eigenvalue weighted by atomic mass is 14.9. The molecule has 2 aromatic rings. The molecule has 1 heterocycles. The van der Waals surface area contributed by atoms with Crippen molar-refractivity contribution in [2.45, 2.75) is 20.3 Å². The van der Waals surface area contributed by atoms with E-state index in [0.717, 1.165) is 12.2 Å². The molecular weight excluding hydrogens is 184 g/mol. The Labute approximate surface area is 90.0 Å². The highest BCUT2D eigenvalue weighted by Crippen LogP contribution is 2.24. The Bertz CT molecular complexity index is 449. The van der Waals surface area contributed by atoms with Crippen molar-refractivity contribution >= 4 is 0 Å². The first kappa shape index (κ1) is 9.84. The molecule has 2 rings (SSSR count). The van der Waals surface area contributed by atoms with Gasteiger partial charge in [-0.05, 0) is 30.5 Å². The van der Waals surface area contributed by atoms with Crippen LogP contribution in [-0.2, 0) is 6.42 Å². The van der Waals surface area contributed by atoms with E-state index in [2.05, 4.69) is 42.0 Å². The summed E-state index contributed by atoms with van der Waals surface area (Å²) in [5.74, 6) is 0.826. The van der Waals surface area contributed by atoms with Crippen LogP contribution in [0.2, 0.25) is 0 Å². The molecule has 1 aromatic heterocycles. The predicted octanol–water partition coefficient (Wildman–Crippen LogP) is 3.01. The minimum absolute atomic E-state index is 0.826. The maximum Gasteiger partial charge on any atom is 0.159 e. The van der Waals surface area contributed by atoms with Crippen LogP contribution in [0.15, 0.2) is 36.7 Å². The van der Waals surface area contributed by atoms with E-state index in [1.165, 1.54) is 16.7 Å². The third kappa shape index (κ3) is 1.89. The van der Waals surface area contributed by atoms with Gasteiger partial charge in [-0.3, -0.25) is 0 Å². The van der Waals surface area contributed by atoms with Gasteiger partial charge in [0.05, 0.1) is 0 Å². The maximum atomic E-state index is 4.31. The Morgan fingerprint density at radius 1 is 1.07 bits per heavy atom. The van der Waals surface area contributed by atoms with Gasteiger partial charge in [-0.25, -0.2) is 9.97 Å². The van der Waals surface area contributed by atoms with E-state index in [1.54, 1.807) is 12.4 Å². The second-order valence-electron chi connectivity index (χ2n) is 3.53. The lowest BCUT2D eigenvalue weighted by atomic mass is 9.99. The Morgan fingerprint density at radius 2 is 1.80 bits per heavy atom. The molecule has 76 valence electrons. The monoisotopic (exact) mass is 198 g/mol. The summed E-state index contributed by atoms with van der Waals surface area (Å²) >= 11 is 0. The second-order valence-corrected chi connectivity index (χ2v) is 3.53. The molecule has 2 nitrogen and oxygen atoms in total. The van der Waals surface area contributed by atoms with Crippen LogP contribution in [0.1, 0.15) is 18.1 Å². The first-order valence-electron chi connectivity index (χ1n) is 5.18. The Hall–Kier alpha value is -1.70. The van der Waals surface area contributed by atoms with E-state index >= 15 is 0 Å². The number of aromatic nitrogens is 2. The van der Waals surface area contributed by atoms with E-state index in [-0.39, 0.29) is 0 Å². The van der Waals surface area contributed by atoms with Crippen LogP contribution in [0.3, 0.4) is 0 Å². The Morgan fingerprint density at radius 3 is 2.47 bits per heavy atom. The molecule has 0 radical (unpaired) electrons. The largest absolute Gasteiger partial charge is 0.237 e. The molecule has 0 amide bonds. The molecule has 0 aliphatic rings. The molecule has 0 aliphatic heterocycles. The molecule has 0 unspecified atom stereocenters. The summed E-state index contributed by atoms with van der Waals surface area (Å²) in [6.07, 6.45) is 4.58. The normalized spacial score (nSPS) is 10.3. The Balaban J connectivity index is 2.61. The van der Waals surface area contributed by atoms with Crippen molar-refractivity contribution in [3.63, 3.8) is 0 Å². The van der Waals surface area contributed by atoms with Crippen molar-refractivity contribution in [2.24, 2.45) is 0 Å². The average molecular weight is 198 g/mol. The van der Waals surface area contributed by atoms with Crippen molar-refractivity contribution in [3.8, 4) is 11.4 Å². The van der Waals surface area contributed by atoms with Gasteiger partial charge in [0.25, 0.3) is 0 Å². The standard InChI is InChI=1S/C13H14N2/c1-3-11-7-4-6-10(2)12(11)13-14-8-5-9-15-13/h4-9H,3H2,1-2H3. The van der Waals surface area contributed by atoms with Crippen molar-refractivity contribution in [1.82, 2.24) is 9.97 Å². The predicted molar refractivity (Wildman–Crippen MR) is 61.6 cm³/mol. The molecule has 2 heteroatoms. The van der Waals surface area contributed by atoms with Gasteiger partial charge in [0.15, 0.2) is 5.82 Å². The zero-order chi connectivity index (χ0) is 10.7. The van der Waals surface area contributed by atoms with Crippen LogP contribution in [-0.4, -0.2) is 9.97 Å². The summed E-state index contributed by atoms with van der Waals surface area (Å²) in [7, 11) is 0. The fourth-order valence-corrected chi connectivity index (χ4v) is 1.77. The SMILES string of the molecule is CCc1cccc(C)c1-c1ncccn1. The lowest BCUT2D eigenvalue weighted by Crippen LogP contribution is -1.95. The molecule has 0 atom stereocenters. The van der Waals surface area contributed by atoms with Crippen LogP contribution < -0.4 is 0 Å². The molecule has 15 heavy (non-hydrogen) atoms. The molecule has 0 spiro atoms. The van der Waals surface area contributed by atoms with E-state index in [9.17, 15) is 0 Å². The number of rotatable bonds is 2. The van der Waals surface area contributed by atoms with Crippen LogP contribution >= 0.6 is 0 Å². The number of hydrogen-bond acceptors (Lipinski definition) is 2. The molecule has 0 N–H and O–H groups in total. The van der Waals surface area contributed by atoms with Crippen molar-refractivity contribution in [2.75, 3.05) is 0 Å². The van der Waals surface area contributed by atoms with E-state index in [4.69, 9.17) is 0 Å². The molecule has 0 saturated heterocycles. The summed E-state index contributed by atoms with van der Waals surface area (Å²) in [4.78, 5) is 8.61. The first-order chi connectivity index (χ1) is 7.33. The Kier molecular flexibility index (Phi) is 2.77. The second kappa shape index (κ2) is 4.22. The highest BCUT2D eigenvalue weighted by molar-refractivity contribution is 5.64. The van der Waals surface area contributed by atoms with Crippen molar-refractivity contribution < 1.29 is 0 Å². The molecule has 0 aliphatic carbocycles. The lowest BCUT2D eigenvalue weighted by Gasteiger charge is -2.09. The third-order valence-electron chi connectivity index (χ3n) is 2.53. The molecular formula is C13H14N2. The van der Waals surface area contributed by atoms with Gasteiger partial charge in [-0.2, -0.15) is 0 Å². The van der Waals surface area contributed by atoms with Gasteiger partial charge in [-0.1, -0.05) is 25.1 Å². The molecule has 0 bridgehead atoms. The summed E-state index contributed by atoms with van der Waals surface area (Å²) in [5.41, 5.74) is 3.72. The summed E-state index contributed by atoms with van der Waals surface area (Å²) in [5, 5.41) is 0. The fraction of sp³-hybridized carbons (Fsp3) is 0.231. The van der Waals surface area contributed by atoms with E-state index in [1.807, 2.05) is 6.07 Å². The van der Waals surface area contributed by atoms with Crippen molar-refractivity contribution in [1.29, 1.82) is 0 Å². The summed E-state index contributed by atoms with van der Waals surface area (Å²) in [6.45, 7) is 4.26. The van der Waals surface area contributed by atoms with Gasteiger partial charge in [0.2, 0.25) is 0 Å². The quantitative estimate of drug-likeness (QED) is 0.741. The van der Waals surface area contributed by atoms with Crippen molar-refractivity contribution in [3.05, 3.63) is 47.8 Å².